The molecule has 0 aliphatic heterocycles. The molecule has 0 spiro atoms. The van der Waals surface area contributed by atoms with Crippen molar-refractivity contribution in [3.05, 3.63) is 11.8 Å². The molecule has 2 heteroatoms. The lowest BCUT2D eigenvalue weighted by atomic mass is 9.82. The Balaban J connectivity index is 2.51. The van der Waals surface area contributed by atoms with Crippen LogP contribution in [-0.4, -0.2) is 5.54 Å². The molecule has 1 rings (SSSR count). The fourth-order valence-corrected chi connectivity index (χ4v) is 2.92. The zero-order valence-electron chi connectivity index (χ0n) is 13.7. The van der Waals surface area contributed by atoms with Crippen LogP contribution in [0.2, 0.25) is 0 Å². The van der Waals surface area contributed by atoms with Crippen LogP contribution in [0.1, 0.15) is 79.6 Å². The molecule has 0 radical (unpaired) electrons. The molecular weight excluding hydrogens is 232 g/mol. The highest BCUT2D eigenvalue weighted by Gasteiger charge is 2.17. The summed E-state index contributed by atoms with van der Waals surface area (Å²) in [6.07, 6.45) is 11.8. The van der Waals surface area contributed by atoms with Crippen LogP contribution in [0.25, 0.3) is 0 Å². The topological polar surface area (TPSA) is 24.1 Å². The average Bonchev–Trinajstić information content (AvgIpc) is 2.29. The van der Waals surface area contributed by atoms with Gasteiger partial charge in [0.15, 0.2) is 0 Å². The van der Waals surface area contributed by atoms with Crippen LogP contribution in [0.4, 0.5) is 0 Å². The molecule has 1 saturated carbocycles. The lowest BCUT2D eigenvalue weighted by Crippen LogP contribution is -2.43. The van der Waals surface area contributed by atoms with E-state index in [1.54, 1.807) is 5.57 Å². The third-order valence-electron chi connectivity index (χ3n) is 4.13. The lowest BCUT2D eigenvalue weighted by molar-refractivity contribution is 0.352. The molecule has 0 aromatic heterocycles. The van der Waals surface area contributed by atoms with Crippen LogP contribution in [0.3, 0.4) is 0 Å². The molecule has 2 N–H and O–H groups in total. The molecule has 1 fully saturated rings. The van der Waals surface area contributed by atoms with E-state index in [0.717, 1.165) is 11.8 Å². The van der Waals surface area contributed by atoms with Crippen LogP contribution in [0.5, 0.6) is 0 Å². The molecule has 0 aromatic rings. The number of nitrogens with one attached hydrogen (secondary N) is 2. The number of hydrazine groups is 1. The molecule has 2 unspecified atom stereocenters. The quantitative estimate of drug-likeness (QED) is 0.716. The van der Waals surface area contributed by atoms with Gasteiger partial charge in [-0.05, 0) is 51.9 Å². The highest BCUT2D eigenvalue weighted by molar-refractivity contribution is 5.05. The third-order valence-corrected chi connectivity index (χ3v) is 4.13. The summed E-state index contributed by atoms with van der Waals surface area (Å²) in [6.45, 7) is 11.2. The highest BCUT2D eigenvalue weighted by Crippen LogP contribution is 2.31. The Kier molecular flexibility index (Phi) is 6.92. The molecule has 0 bridgehead atoms. The summed E-state index contributed by atoms with van der Waals surface area (Å²) >= 11 is 0. The normalized spacial score (nSPS) is 27.9. The van der Waals surface area contributed by atoms with Gasteiger partial charge in [0.2, 0.25) is 0 Å². The maximum atomic E-state index is 3.34. The minimum Gasteiger partial charge on any atom is -0.328 e. The van der Waals surface area contributed by atoms with Gasteiger partial charge < -0.3 is 5.43 Å². The Morgan fingerprint density at radius 2 is 1.95 bits per heavy atom. The molecule has 0 aromatic carbocycles. The van der Waals surface area contributed by atoms with Crippen molar-refractivity contribution < 1.29 is 0 Å². The molecule has 1 aliphatic carbocycles. The molecule has 2 nitrogen and oxygen atoms in total. The SMILES string of the molecule is CCCC1CCCC(C)/C(=C\NNC(C)(C)C)CC1. The summed E-state index contributed by atoms with van der Waals surface area (Å²) in [5.41, 5.74) is 8.36. The third kappa shape index (κ3) is 7.00. The Labute approximate surface area is 120 Å². The molecular formula is C17H34N2. The van der Waals surface area contributed by atoms with Crippen LogP contribution in [0.15, 0.2) is 11.8 Å². The molecule has 1 aliphatic rings. The van der Waals surface area contributed by atoms with Crippen LogP contribution >= 0.6 is 0 Å². The summed E-state index contributed by atoms with van der Waals surface area (Å²) < 4.78 is 0. The van der Waals surface area contributed by atoms with Crippen LogP contribution in [-0.2, 0) is 0 Å². The van der Waals surface area contributed by atoms with E-state index >= 15 is 0 Å². The van der Waals surface area contributed by atoms with Crippen molar-refractivity contribution >= 4 is 0 Å². The van der Waals surface area contributed by atoms with Crippen molar-refractivity contribution in [3.63, 3.8) is 0 Å². The van der Waals surface area contributed by atoms with Gasteiger partial charge in [-0.2, -0.15) is 0 Å². The second kappa shape index (κ2) is 7.94. The first-order valence-electron chi connectivity index (χ1n) is 8.14. The van der Waals surface area contributed by atoms with E-state index in [2.05, 4.69) is 51.7 Å². The van der Waals surface area contributed by atoms with Gasteiger partial charge in [0, 0.05) is 11.7 Å². The van der Waals surface area contributed by atoms with E-state index in [-0.39, 0.29) is 5.54 Å². The van der Waals surface area contributed by atoms with Crippen molar-refractivity contribution in [1.29, 1.82) is 0 Å². The number of hydrogen-bond donors (Lipinski definition) is 2. The van der Waals surface area contributed by atoms with Gasteiger partial charge in [-0.3, -0.25) is 0 Å². The number of rotatable bonds is 4. The number of allylic oxidation sites excluding steroid dienone is 1. The van der Waals surface area contributed by atoms with Gasteiger partial charge >= 0.3 is 0 Å². The summed E-state index contributed by atoms with van der Waals surface area (Å²) in [6, 6.07) is 0. The van der Waals surface area contributed by atoms with Gasteiger partial charge in [-0.25, -0.2) is 5.43 Å². The highest BCUT2D eigenvalue weighted by atomic mass is 15.4. The zero-order chi connectivity index (χ0) is 14.3. The van der Waals surface area contributed by atoms with Gasteiger partial charge in [0.1, 0.15) is 0 Å². The molecule has 19 heavy (non-hydrogen) atoms. The van der Waals surface area contributed by atoms with Gasteiger partial charge in [0.25, 0.3) is 0 Å². The summed E-state index contributed by atoms with van der Waals surface area (Å²) in [5.74, 6) is 1.69. The van der Waals surface area contributed by atoms with E-state index in [0.29, 0.717) is 0 Å². The molecule has 2 atom stereocenters. The first-order chi connectivity index (χ1) is 8.92. The second-order valence-corrected chi connectivity index (χ2v) is 7.26. The van der Waals surface area contributed by atoms with Gasteiger partial charge in [-0.15, -0.1) is 0 Å². The Hall–Kier alpha value is -0.500. The van der Waals surface area contributed by atoms with E-state index in [1.807, 2.05) is 0 Å². The predicted octanol–water partition coefficient (Wildman–Crippen LogP) is 4.78. The second-order valence-electron chi connectivity index (χ2n) is 7.26. The van der Waals surface area contributed by atoms with Crippen molar-refractivity contribution in [3.8, 4) is 0 Å². The fraction of sp³-hybridized carbons (Fsp3) is 0.882. The summed E-state index contributed by atoms with van der Waals surface area (Å²) in [5, 5.41) is 0. The minimum atomic E-state index is 0.118. The largest absolute Gasteiger partial charge is 0.328 e. The van der Waals surface area contributed by atoms with E-state index in [4.69, 9.17) is 0 Å². The monoisotopic (exact) mass is 266 g/mol. The molecule has 0 amide bonds. The lowest BCUT2D eigenvalue weighted by Gasteiger charge is -2.26. The molecule has 0 saturated heterocycles. The summed E-state index contributed by atoms with van der Waals surface area (Å²) in [4.78, 5) is 0. The first-order valence-corrected chi connectivity index (χ1v) is 8.14. The maximum absolute atomic E-state index is 3.34. The Morgan fingerprint density at radius 1 is 1.21 bits per heavy atom. The van der Waals surface area contributed by atoms with Gasteiger partial charge in [-0.1, -0.05) is 45.1 Å². The fourth-order valence-electron chi connectivity index (χ4n) is 2.92. The number of hydrogen-bond acceptors (Lipinski definition) is 2. The Bertz CT molecular complexity index is 275. The molecule has 112 valence electrons. The first kappa shape index (κ1) is 16.6. The van der Waals surface area contributed by atoms with Crippen molar-refractivity contribution in [2.24, 2.45) is 11.8 Å². The zero-order valence-corrected chi connectivity index (χ0v) is 13.7. The summed E-state index contributed by atoms with van der Waals surface area (Å²) in [7, 11) is 0. The Morgan fingerprint density at radius 3 is 2.58 bits per heavy atom. The maximum Gasteiger partial charge on any atom is 0.0286 e. The van der Waals surface area contributed by atoms with E-state index < -0.39 is 0 Å². The standard InChI is InChI=1S/C17H34N2/c1-6-8-15-10-7-9-14(2)16(12-11-15)13-18-19-17(3,4)5/h13-15,18-19H,6-12H2,1-5H3/b16-13-. The smallest absolute Gasteiger partial charge is 0.0286 e. The van der Waals surface area contributed by atoms with E-state index in [1.165, 1.54) is 44.9 Å². The van der Waals surface area contributed by atoms with Crippen molar-refractivity contribution in [2.45, 2.75) is 85.1 Å². The van der Waals surface area contributed by atoms with Crippen LogP contribution < -0.4 is 10.9 Å². The minimum absolute atomic E-state index is 0.118. The van der Waals surface area contributed by atoms with Crippen molar-refractivity contribution in [2.75, 3.05) is 0 Å². The van der Waals surface area contributed by atoms with E-state index in [9.17, 15) is 0 Å². The van der Waals surface area contributed by atoms with Crippen molar-refractivity contribution in [1.82, 2.24) is 10.9 Å². The van der Waals surface area contributed by atoms with Gasteiger partial charge in [0.05, 0.1) is 0 Å². The predicted molar refractivity (Wildman–Crippen MR) is 84.8 cm³/mol. The van der Waals surface area contributed by atoms with Crippen LogP contribution in [0, 0.1) is 11.8 Å². The average molecular weight is 266 g/mol. The molecule has 0 heterocycles.